The molecule has 11 aromatic rings. The van der Waals surface area contributed by atoms with Crippen LogP contribution < -0.4 is 13.7 Å². The number of carboxylic acids is 2. The van der Waals surface area contributed by atoms with Gasteiger partial charge in [0.05, 0.1) is 40.9 Å². The number of thiazole rings is 2. The van der Waals surface area contributed by atoms with Crippen molar-refractivity contribution in [3.63, 3.8) is 0 Å². The van der Waals surface area contributed by atoms with E-state index in [0.29, 0.717) is 46.0 Å². The molecule has 1 spiro atoms. The van der Waals surface area contributed by atoms with Crippen LogP contribution in [0.1, 0.15) is 153 Å². The van der Waals surface area contributed by atoms with Crippen molar-refractivity contribution in [3.05, 3.63) is 182 Å². The molecule has 5 N–H and O–H groups in total. The Labute approximate surface area is 974 Å². The zero-order valence-electron chi connectivity index (χ0n) is 67.7. The predicted molar refractivity (Wildman–Crippen MR) is 651 cm³/mol. The van der Waals surface area contributed by atoms with Gasteiger partial charge in [0.2, 0.25) is 21.0 Å². The van der Waals surface area contributed by atoms with Crippen LogP contribution in [0.2, 0.25) is 0 Å². The van der Waals surface area contributed by atoms with Gasteiger partial charge in [0.1, 0.15) is 22.5 Å². The van der Waals surface area contributed by atoms with Gasteiger partial charge in [-0.2, -0.15) is 17.6 Å². The summed E-state index contributed by atoms with van der Waals surface area (Å²) < 4.78 is 94.6. The minimum absolute atomic E-state index is 0.0440. The number of aromatic carboxylic acids is 1. The fraction of sp³-hybridized carbons (Fsp3) is 0.345. The largest absolute Gasteiger partial charge is 0.481 e. The van der Waals surface area contributed by atoms with E-state index in [1.165, 1.54) is 144 Å². The van der Waals surface area contributed by atoms with Crippen LogP contribution in [-0.4, -0.2) is 120 Å². The number of nitrogens with zero attached hydrogens (tertiary/aromatic N) is 7. The van der Waals surface area contributed by atoms with Gasteiger partial charge in [-0.3, -0.25) is 24.3 Å². The second-order valence-electron chi connectivity index (χ2n) is 30.3. The second-order valence-corrected chi connectivity index (χ2v) is 57.4. The monoisotopic (exact) mass is 3740 g/mol. The van der Waals surface area contributed by atoms with Crippen molar-refractivity contribution in [2.24, 2.45) is 15.0 Å². The van der Waals surface area contributed by atoms with Gasteiger partial charge in [0.25, 0.3) is 10.1 Å². The number of likely N-dealkylation sites (tertiary alicyclic amines) is 1. The van der Waals surface area contributed by atoms with E-state index in [-0.39, 0.29) is 34.2 Å². The van der Waals surface area contributed by atoms with Crippen LogP contribution in [0, 0.1) is 81.5 Å². The molecule has 0 saturated carbocycles. The Morgan fingerprint density at radius 2 is 0.896 bits per heavy atom. The van der Waals surface area contributed by atoms with Gasteiger partial charge in [-0.1, -0.05) is 54.7 Å². The van der Waals surface area contributed by atoms with Crippen molar-refractivity contribution < 1.29 is 69.3 Å². The Kier molecular flexibility index (Phi) is 41.8. The van der Waals surface area contributed by atoms with Crippen LogP contribution in [0.4, 0.5) is 21.9 Å². The number of aliphatic imine (C=N–C) groups is 3. The first-order valence-corrected chi connectivity index (χ1v) is 63.1. The average molecular weight is 3740 g/mol. The van der Waals surface area contributed by atoms with Crippen molar-refractivity contribution in [1.82, 2.24) is 4.90 Å². The van der Waals surface area contributed by atoms with E-state index in [0.717, 1.165) is 98.6 Å². The number of aryl methyl sites for hydroxylation is 6. The standard InChI is InChI=1S/C17H12I3NO2.C15H13I2N.C14H13I3N2O2.C14H14I3NO2S.C12H12I3NO3S2.C12H12I3NO3SSe/c1-8-17(2,10-5-3-9(4-6-10)16(22)23)13-12(21-8)7-11(18)14(19)15(13)20;1-8-15(2,3)14-11-6-9(16)7-12(17)10(11)4-5-13(14)18-8;1-7-14(2-4-19(5-3-14)13(20)21)10-9(18-7)6-8(15)11(16)12(10)17;1-8-18(6-4-2-3-5-11(19)20)10-7-9(15)12(16)13(17)14(10)21-8;1-7-16(4-2-3-5-21(17,18)19)9-6-8(13)10(14)11(15)12(9)20-7;1-7-16(4-2-3-5-20(17,18)19)9-6-8(13)10(14)11(15)12(9)21-7/h3-7H,1-2H3,(H,22,23);4-7H,1-3H3;6H,2-5H2,1H3,(H,20,21);7H,2-6H2,1H3;2*6H,2-5H2,1H3/p+3. The number of aromatic nitrogens is 3. The van der Waals surface area contributed by atoms with Crippen LogP contribution in [0.15, 0.2) is 93.8 Å². The van der Waals surface area contributed by atoms with Crippen molar-refractivity contribution in [2.45, 2.75) is 162 Å². The van der Waals surface area contributed by atoms with Gasteiger partial charge in [0.15, 0.2) is 0 Å². The first-order chi connectivity index (χ1) is 58.4. The summed E-state index contributed by atoms with van der Waals surface area (Å²) in [6.45, 7) is 23.1. The molecule has 3 aromatic heterocycles. The summed E-state index contributed by atoms with van der Waals surface area (Å²) >= 11 is 44.6. The number of amides is 1. The van der Waals surface area contributed by atoms with Crippen molar-refractivity contribution in [1.29, 1.82) is 0 Å². The zero-order valence-corrected chi connectivity index (χ0v) is 109. The molecule has 1 atom stereocenters. The summed E-state index contributed by atoms with van der Waals surface area (Å²) in [6.07, 6.45) is 6.34. The van der Waals surface area contributed by atoms with Gasteiger partial charge in [-0.05, 0) is 440 Å². The first-order valence-electron chi connectivity index (χ1n) is 38.2. The second kappa shape index (κ2) is 47.3. The van der Waals surface area contributed by atoms with Crippen molar-refractivity contribution in [3.8, 4) is 0 Å². The number of carbonyl (C=O) groups is 3. The van der Waals surface area contributed by atoms with Crippen LogP contribution in [0.3, 0.4) is 0 Å². The summed E-state index contributed by atoms with van der Waals surface area (Å²) in [7, 11) is -7.68. The predicted octanol–water partition coefficient (Wildman–Crippen LogP) is 27.6. The van der Waals surface area contributed by atoms with Crippen LogP contribution in [-0.2, 0) is 60.9 Å². The van der Waals surface area contributed by atoms with Gasteiger partial charge < -0.3 is 20.2 Å². The summed E-state index contributed by atoms with van der Waals surface area (Å²) in [5.74, 6) is -1.92. The fourth-order valence-electron chi connectivity index (χ4n) is 15.2. The van der Waals surface area contributed by atoms with Gasteiger partial charge in [-0.15, -0.1) is 0 Å². The third kappa shape index (κ3) is 26.2. The third-order valence-electron chi connectivity index (χ3n) is 22.1. The fourth-order valence-corrected chi connectivity index (χ4v) is 36.1. The van der Waals surface area contributed by atoms with E-state index in [1.54, 1.807) is 23.5 Å². The Balaban J connectivity index is 0.000000157. The summed E-state index contributed by atoms with van der Waals surface area (Å²) in [6, 6.07) is 27.0. The van der Waals surface area contributed by atoms with Crippen molar-refractivity contribution >= 4 is 535 Å². The SMILES string of the molecule is CC1=Nc2cc(I)c(I)c(I)c2C1(C)c1ccc(C(=O)O)cc1.CC1=Nc2cc(I)c(I)c(I)c2C12CCN(C(=O)O)CC2.CC1=Nc2ccc3c(I)cc(I)cc3c2C1(C)C.Cc1[se]c2c(I)c(I)c(I)cc2[n+]1CCCCS(=O)(=O)O.Cc1sc2c(I)c(I)c(I)cc2[n+]1CCCCCC(=O)O.Cc1sc2c(I)c(I)c(I)cc2[n+]1CCCCS(=O)(=O)O. The molecule has 125 heavy (non-hydrogen) atoms. The summed E-state index contributed by atoms with van der Waals surface area (Å²) in [4.78, 5) is 48.6. The molecule has 0 bridgehead atoms. The molecule has 15 rings (SSSR count). The minimum Gasteiger partial charge on any atom is -0.481 e. The number of halogens is 17. The van der Waals surface area contributed by atoms with Gasteiger partial charge >= 0.3 is 191 Å². The summed E-state index contributed by atoms with van der Waals surface area (Å²) in [5, 5.41) is 32.2. The Bertz CT molecular complexity index is 6350. The number of fused-ring (bicyclic) bond motifs is 9. The van der Waals surface area contributed by atoms with Crippen LogP contribution >= 0.6 is 407 Å². The molecular formula is C84H79I17N7O12S4Se+3. The number of rotatable bonds is 18. The molecule has 0 radical (unpaired) electrons. The third-order valence-corrected chi connectivity index (χ3v) is 57.0. The quantitative estimate of drug-likeness (QED) is 0.0134. The van der Waals surface area contributed by atoms with E-state index in [4.69, 9.17) is 39.4 Å². The molecule has 4 aliphatic heterocycles. The number of hydrogen-bond acceptors (Lipinski definition) is 12. The van der Waals surface area contributed by atoms with Gasteiger partial charge in [0, 0.05) is 140 Å². The zero-order chi connectivity index (χ0) is 92.5. The molecule has 1 saturated heterocycles. The van der Waals surface area contributed by atoms with Gasteiger partial charge in [-0.25, -0.2) is 9.59 Å². The Hall–Kier alpha value is 3.44. The van der Waals surface area contributed by atoms with E-state index < -0.39 is 38.3 Å². The molecule has 1 unspecified atom stereocenters. The molecule has 7 heterocycles. The maximum Gasteiger partial charge on any atom is 0.303 e. The van der Waals surface area contributed by atoms with Crippen molar-refractivity contribution in [2.75, 3.05) is 24.6 Å². The molecular weight excluding hydrogens is 3660 g/mol. The van der Waals surface area contributed by atoms with E-state index in [1.807, 2.05) is 30.4 Å². The topological polar surface area (TPSA) is 273 Å². The van der Waals surface area contributed by atoms with Crippen LogP contribution in [0.25, 0.3) is 41.0 Å². The number of piperidine rings is 1. The molecule has 8 aromatic carbocycles. The summed E-state index contributed by atoms with van der Waals surface area (Å²) in [5.41, 5.74) is 15.3. The molecule has 1 amide bonds. The Morgan fingerprint density at radius 3 is 1.38 bits per heavy atom. The number of aliphatic carboxylic acids is 1. The van der Waals surface area contributed by atoms with Crippen LogP contribution in [0.5, 0.6) is 0 Å². The molecule has 19 nitrogen and oxygen atoms in total. The number of hydrogen-bond donors (Lipinski definition) is 5. The first kappa shape index (κ1) is 110. The molecule has 4 aliphatic rings. The maximum absolute atomic E-state index is 11.1. The molecule has 668 valence electrons. The molecule has 0 aliphatic carbocycles. The van der Waals surface area contributed by atoms with E-state index in [9.17, 15) is 31.2 Å². The molecule has 41 heteroatoms. The number of benzene rings is 8. The smallest absolute Gasteiger partial charge is 0.303 e. The van der Waals surface area contributed by atoms with E-state index in [2.05, 4.69) is 508 Å². The molecule has 1 fully saturated rings. The normalized spacial score (nSPS) is 15.3. The average Bonchev–Trinajstić information content (AvgIpc) is 1.61. The number of unbranched alkanes of at least 4 members (excludes halogenated alkanes) is 4. The minimum atomic E-state index is -3.85. The maximum atomic E-state index is 11.1. The Morgan fingerprint density at radius 1 is 0.456 bits per heavy atom. The van der Waals surface area contributed by atoms with E-state index >= 15 is 0 Å². The number of carboxylic acid groups (broad SMARTS) is 3.